The summed E-state index contributed by atoms with van der Waals surface area (Å²) in [6, 6.07) is 9.12. The highest BCUT2D eigenvalue weighted by Crippen LogP contribution is 2.26. The number of nitrogens with zero attached hydrogens (tertiary/aromatic N) is 1. The van der Waals surface area contributed by atoms with Gasteiger partial charge in [-0.3, -0.25) is 4.90 Å². The Labute approximate surface area is 126 Å². The van der Waals surface area contributed by atoms with E-state index in [1.807, 2.05) is 0 Å². The van der Waals surface area contributed by atoms with Gasteiger partial charge in [-0.05, 0) is 50.3 Å². The minimum absolute atomic E-state index is 0.314. The van der Waals surface area contributed by atoms with Crippen LogP contribution in [0.4, 0.5) is 0 Å². The van der Waals surface area contributed by atoms with Crippen LogP contribution >= 0.6 is 11.8 Å². The predicted octanol–water partition coefficient (Wildman–Crippen LogP) is 2.91. The normalized spacial score (nSPS) is 21.9. The third-order valence-electron chi connectivity index (χ3n) is 3.98. The molecular formula is C16H26N2OS. The number of likely N-dealkylation sites (tertiary alicyclic amines) is 1. The third-order valence-corrected chi connectivity index (χ3v) is 4.72. The Balaban J connectivity index is 2.06. The lowest BCUT2D eigenvalue weighted by atomic mass is 10.0. The van der Waals surface area contributed by atoms with E-state index in [0.29, 0.717) is 18.7 Å². The summed E-state index contributed by atoms with van der Waals surface area (Å²) < 4.78 is 5.79. The molecular weight excluding hydrogens is 268 g/mol. The summed E-state index contributed by atoms with van der Waals surface area (Å²) >= 11 is 1.77. The minimum Gasteiger partial charge on any atom is -0.377 e. The van der Waals surface area contributed by atoms with Gasteiger partial charge in [-0.1, -0.05) is 12.1 Å². The molecule has 3 nitrogen and oxygen atoms in total. The van der Waals surface area contributed by atoms with Crippen molar-refractivity contribution in [1.29, 1.82) is 0 Å². The van der Waals surface area contributed by atoms with Crippen LogP contribution in [0.1, 0.15) is 31.4 Å². The number of thioether (sulfide) groups is 1. The first-order valence-electron chi connectivity index (χ1n) is 7.48. The molecule has 1 heterocycles. The maximum atomic E-state index is 6.04. The highest BCUT2D eigenvalue weighted by Gasteiger charge is 2.26. The van der Waals surface area contributed by atoms with Gasteiger partial charge in [-0.2, -0.15) is 0 Å². The zero-order chi connectivity index (χ0) is 14.4. The van der Waals surface area contributed by atoms with E-state index in [0.717, 1.165) is 19.7 Å². The second-order valence-electron chi connectivity index (χ2n) is 5.24. The highest BCUT2D eigenvalue weighted by molar-refractivity contribution is 7.98. The van der Waals surface area contributed by atoms with Crippen LogP contribution in [-0.2, 0) is 4.74 Å². The van der Waals surface area contributed by atoms with Gasteiger partial charge >= 0.3 is 0 Å². The number of hydrogen-bond acceptors (Lipinski definition) is 4. The number of hydrogen-bond donors (Lipinski definition) is 1. The molecule has 2 atom stereocenters. The quantitative estimate of drug-likeness (QED) is 0.819. The van der Waals surface area contributed by atoms with Crippen molar-refractivity contribution in [1.82, 2.24) is 4.90 Å². The summed E-state index contributed by atoms with van der Waals surface area (Å²) in [6.07, 6.45) is 4.84. The molecule has 0 spiro atoms. The summed E-state index contributed by atoms with van der Waals surface area (Å²) in [5.41, 5.74) is 7.36. The summed E-state index contributed by atoms with van der Waals surface area (Å²) in [4.78, 5) is 3.79. The molecule has 1 aromatic rings. The van der Waals surface area contributed by atoms with Crippen molar-refractivity contribution in [3.8, 4) is 0 Å². The van der Waals surface area contributed by atoms with Crippen molar-refractivity contribution in [3.63, 3.8) is 0 Å². The Bertz CT molecular complexity index is 394. The Morgan fingerprint density at radius 1 is 1.40 bits per heavy atom. The molecule has 2 rings (SSSR count). The van der Waals surface area contributed by atoms with Crippen LogP contribution in [0.3, 0.4) is 0 Å². The molecule has 0 aromatic heterocycles. The number of benzene rings is 1. The van der Waals surface area contributed by atoms with Crippen LogP contribution in [0, 0.1) is 0 Å². The first-order chi connectivity index (χ1) is 9.78. The summed E-state index contributed by atoms with van der Waals surface area (Å²) in [5, 5.41) is 0. The van der Waals surface area contributed by atoms with E-state index >= 15 is 0 Å². The number of piperidine rings is 1. The lowest BCUT2D eigenvalue weighted by molar-refractivity contribution is -0.00660. The smallest absolute Gasteiger partial charge is 0.0702 e. The monoisotopic (exact) mass is 294 g/mol. The molecule has 1 aliphatic heterocycles. The van der Waals surface area contributed by atoms with Gasteiger partial charge < -0.3 is 10.5 Å². The van der Waals surface area contributed by atoms with Gasteiger partial charge in [-0.15, -0.1) is 11.8 Å². The average Bonchev–Trinajstić information content (AvgIpc) is 2.49. The molecule has 2 N–H and O–H groups in total. The average molecular weight is 294 g/mol. The first kappa shape index (κ1) is 15.8. The molecule has 1 saturated heterocycles. The fourth-order valence-corrected chi connectivity index (χ4v) is 3.35. The lowest BCUT2D eigenvalue weighted by Gasteiger charge is -2.38. The fourth-order valence-electron chi connectivity index (χ4n) is 2.94. The van der Waals surface area contributed by atoms with Crippen LogP contribution in [0.25, 0.3) is 0 Å². The minimum atomic E-state index is 0.314. The van der Waals surface area contributed by atoms with Crippen LogP contribution in [0.5, 0.6) is 0 Å². The summed E-state index contributed by atoms with van der Waals surface area (Å²) in [6.45, 7) is 5.65. The van der Waals surface area contributed by atoms with E-state index in [9.17, 15) is 0 Å². The van der Waals surface area contributed by atoms with Gasteiger partial charge in [0.05, 0.1) is 6.10 Å². The van der Waals surface area contributed by atoms with E-state index in [1.165, 1.54) is 23.3 Å². The Kier molecular flexibility index (Phi) is 6.36. The van der Waals surface area contributed by atoms with Crippen LogP contribution in [0.2, 0.25) is 0 Å². The van der Waals surface area contributed by atoms with Crippen molar-refractivity contribution in [3.05, 3.63) is 29.8 Å². The molecule has 2 unspecified atom stereocenters. The van der Waals surface area contributed by atoms with Gasteiger partial charge in [0.1, 0.15) is 0 Å². The summed E-state index contributed by atoms with van der Waals surface area (Å²) in [7, 11) is 0. The molecule has 0 bridgehead atoms. The predicted molar refractivity (Wildman–Crippen MR) is 86.2 cm³/mol. The molecule has 1 aromatic carbocycles. The Morgan fingerprint density at radius 3 is 2.75 bits per heavy atom. The van der Waals surface area contributed by atoms with Gasteiger partial charge in [0.2, 0.25) is 0 Å². The standard InChI is InChI=1S/C16H26N2OS/c1-3-19-14-5-4-10-18(12-14)16(11-17)13-6-8-15(20-2)9-7-13/h6-9,14,16H,3-5,10-12,17H2,1-2H3. The molecule has 0 aliphatic carbocycles. The van der Waals surface area contributed by atoms with Crippen LogP contribution in [0.15, 0.2) is 29.2 Å². The van der Waals surface area contributed by atoms with Crippen molar-refractivity contribution < 1.29 is 4.74 Å². The highest BCUT2D eigenvalue weighted by atomic mass is 32.2. The molecule has 0 amide bonds. The maximum absolute atomic E-state index is 6.04. The van der Waals surface area contributed by atoms with E-state index in [4.69, 9.17) is 10.5 Å². The fraction of sp³-hybridized carbons (Fsp3) is 0.625. The van der Waals surface area contributed by atoms with Gasteiger partial charge in [0.15, 0.2) is 0 Å². The van der Waals surface area contributed by atoms with E-state index in [-0.39, 0.29) is 0 Å². The zero-order valence-electron chi connectivity index (χ0n) is 12.5. The number of rotatable bonds is 6. The Hall–Kier alpha value is -0.550. The third kappa shape index (κ3) is 3.98. The number of ether oxygens (including phenoxy) is 1. The SMILES string of the molecule is CCOC1CCCN(C(CN)c2ccc(SC)cc2)C1. The summed E-state index contributed by atoms with van der Waals surface area (Å²) in [5.74, 6) is 0. The van der Waals surface area contributed by atoms with Gasteiger partial charge in [0.25, 0.3) is 0 Å². The second-order valence-corrected chi connectivity index (χ2v) is 6.12. The van der Waals surface area contributed by atoms with Crippen molar-refractivity contribution in [2.45, 2.75) is 36.8 Å². The second kappa shape index (κ2) is 8.03. The molecule has 1 fully saturated rings. The zero-order valence-corrected chi connectivity index (χ0v) is 13.4. The molecule has 0 radical (unpaired) electrons. The van der Waals surface area contributed by atoms with Crippen LogP contribution < -0.4 is 5.73 Å². The molecule has 112 valence electrons. The van der Waals surface area contributed by atoms with Crippen LogP contribution in [-0.4, -0.2) is 43.5 Å². The van der Waals surface area contributed by atoms with Gasteiger partial charge in [-0.25, -0.2) is 0 Å². The Morgan fingerprint density at radius 2 is 2.15 bits per heavy atom. The molecule has 20 heavy (non-hydrogen) atoms. The van der Waals surface area contributed by atoms with E-state index in [2.05, 4.69) is 42.3 Å². The van der Waals surface area contributed by atoms with E-state index < -0.39 is 0 Å². The van der Waals surface area contributed by atoms with Crippen molar-refractivity contribution in [2.24, 2.45) is 5.73 Å². The maximum Gasteiger partial charge on any atom is 0.0702 e. The molecule has 4 heteroatoms. The molecule has 0 saturated carbocycles. The largest absolute Gasteiger partial charge is 0.377 e. The number of nitrogens with two attached hydrogens (primary N) is 1. The van der Waals surface area contributed by atoms with Gasteiger partial charge in [0, 0.05) is 30.6 Å². The topological polar surface area (TPSA) is 38.5 Å². The first-order valence-corrected chi connectivity index (χ1v) is 8.70. The van der Waals surface area contributed by atoms with Crippen molar-refractivity contribution in [2.75, 3.05) is 32.5 Å². The van der Waals surface area contributed by atoms with Crippen molar-refractivity contribution >= 4 is 11.8 Å². The molecule has 1 aliphatic rings. The lowest BCUT2D eigenvalue weighted by Crippen LogP contribution is -2.44. The van der Waals surface area contributed by atoms with E-state index in [1.54, 1.807) is 11.8 Å².